The van der Waals surface area contributed by atoms with Crippen molar-refractivity contribution in [2.24, 2.45) is 0 Å². The van der Waals surface area contributed by atoms with Crippen LogP contribution >= 0.6 is 0 Å². The van der Waals surface area contributed by atoms with Crippen LogP contribution in [0.4, 0.5) is 5.82 Å². The molecule has 0 aliphatic carbocycles. The van der Waals surface area contributed by atoms with Crippen molar-refractivity contribution >= 4 is 34.9 Å². The fraction of sp³-hybridized carbons (Fsp3) is 0.450. The van der Waals surface area contributed by atoms with E-state index in [1.807, 2.05) is 0 Å². The van der Waals surface area contributed by atoms with E-state index in [4.69, 9.17) is 24.7 Å². The molecule has 1 aliphatic rings. The third-order valence-electron chi connectivity index (χ3n) is 5.07. The van der Waals surface area contributed by atoms with Gasteiger partial charge in [0.15, 0.2) is 17.3 Å². The Labute approximate surface area is 192 Å². The molecule has 1 fully saturated rings. The second kappa shape index (κ2) is 9.43. The van der Waals surface area contributed by atoms with E-state index in [0.29, 0.717) is 11.2 Å². The molecule has 0 radical (unpaired) electrons. The van der Waals surface area contributed by atoms with E-state index in [0.717, 1.165) is 0 Å². The van der Waals surface area contributed by atoms with Crippen LogP contribution < -0.4 is 5.73 Å². The summed E-state index contributed by atoms with van der Waals surface area (Å²) in [6.07, 6.45) is 1.07. The number of H-pyrrole nitrogens is 1. The van der Waals surface area contributed by atoms with Crippen molar-refractivity contribution in [2.45, 2.75) is 45.6 Å². The number of aromatic nitrogens is 6. The summed E-state index contributed by atoms with van der Waals surface area (Å²) in [7, 11) is 0. The van der Waals surface area contributed by atoms with Gasteiger partial charge in [-0.1, -0.05) is 0 Å². The minimum Gasteiger partial charge on any atom is -0.463 e. The third-order valence-corrected chi connectivity index (χ3v) is 5.07. The van der Waals surface area contributed by atoms with E-state index in [1.54, 1.807) is 11.5 Å². The number of fused-ring (bicyclic) bond motifs is 1. The zero-order chi connectivity index (χ0) is 24.4. The van der Waals surface area contributed by atoms with Crippen molar-refractivity contribution in [3.8, 4) is 11.5 Å². The van der Waals surface area contributed by atoms with Gasteiger partial charge in [0.2, 0.25) is 0 Å². The molecule has 4 heterocycles. The molecule has 3 aromatic heterocycles. The number of nitrogens with one attached hydrogen (secondary N) is 1. The lowest BCUT2D eigenvalue weighted by atomic mass is 10.2. The van der Waals surface area contributed by atoms with Crippen LogP contribution in [0.25, 0.3) is 22.7 Å². The lowest BCUT2D eigenvalue weighted by Crippen LogP contribution is -2.31. The van der Waals surface area contributed by atoms with E-state index < -0.39 is 36.3 Å². The first kappa shape index (κ1) is 23.1. The lowest BCUT2D eigenvalue weighted by molar-refractivity contribution is -0.155. The first-order valence-electron chi connectivity index (χ1n) is 10.4. The van der Waals surface area contributed by atoms with Crippen LogP contribution in [0.5, 0.6) is 0 Å². The number of nitrogen functional groups attached to an aromatic ring is 1. The number of ether oxygens (including phenoxy) is 4. The Hall–Kier alpha value is -4.07. The van der Waals surface area contributed by atoms with Gasteiger partial charge in [-0.05, 0) is 6.92 Å². The van der Waals surface area contributed by atoms with Crippen LogP contribution in [0.1, 0.15) is 43.8 Å². The van der Waals surface area contributed by atoms with E-state index in [2.05, 4.69) is 25.1 Å². The number of carbonyl (C=O) groups is 3. The first-order valence-corrected chi connectivity index (χ1v) is 10.4. The molecule has 1 aliphatic heterocycles. The lowest BCUT2D eigenvalue weighted by Gasteiger charge is -2.17. The molecular formula is C20H23N7O7. The van der Waals surface area contributed by atoms with Gasteiger partial charge in [0.05, 0.1) is 19.1 Å². The second-order valence-corrected chi connectivity index (χ2v) is 7.45. The van der Waals surface area contributed by atoms with Crippen LogP contribution in [-0.2, 0) is 28.5 Å². The van der Waals surface area contributed by atoms with Gasteiger partial charge in [-0.3, -0.25) is 19.3 Å². The van der Waals surface area contributed by atoms with Crippen molar-refractivity contribution in [3.05, 3.63) is 18.1 Å². The van der Waals surface area contributed by atoms with Crippen molar-refractivity contribution in [1.29, 1.82) is 0 Å². The molecular weight excluding hydrogens is 450 g/mol. The summed E-state index contributed by atoms with van der Waals surface area (Å²) in [5, 5.41) is 6.60. The van der Waals surface area contributed by atoms with Gasteiger partial charge in [-0.2, -0.15) is 5.10 Å². The van der Waals surface area contributed by atoms with Crippen LogP contribution in [0.15, 0.2) is 12.5 Å². The highest BCUT2D eigenvalue weighted by Crippen LogP contribution is 2.34. The number of anilines is 1. The molecule has 0 unspecified atom stereocenters. The molecule has 14 heteroatoms. The number of hydrogen-bond donors (Lipinski definition) is 2. The Morgan fingerprint density at radius 1 is 1.24 bits per heavy atom. The number of nitrogens with zero attached hydrogens (tertiary/aromatic N) is 5. The Morgan fingerprint density at radius 3 is 2.74 bits per heavy atom. The van der Waals surface area contributed by atoms with Gasteiger partial charge in [0, 0.05) is 20.3 Å². The van der Waals surface area contributed by atoms with Crippen LogP contribution in [0, 0.1) is 0 Å². The van der Waals surface area contributed by atoms with Crippen molar-refractivity contribution < 1.29 is 33.3 Å². The molecule has 0 aromatic carbocycles. The smallest absolute Gasteiger partial charge is 0.342 e. The molecule has 0 spiro atoms. The summed E-state index contributed by atoms with van der Waals surface area (Å²) in [5.41, 5.74) is 7.15. The first-order chi connectivity index (χ1) is 16.3. The standard InChI is InChI=1S/C20H23N7O7/c1-4-31-20(30)11-6-23-26-15(11)18-24-17(21)16-19(25-18)27(8-22-16)14-5-12(33-10(3)29)13(34-14)7-32-9(2)28/h6,8,12-14H,4-5,7H2,1-3H3,(H,23,26)(H2,21,24,25)/t12-,13-,14-/m1/s1. The summed E-state index contributed by atoms with van der Waals surface area (Å²) in [5.74, 6) is -1.37. The molecule has 3 N–H and O–H groups in total. The summed E-state index contributed by atoms with van der Waals surface area (Å²) >= 11 is 0. The maximum Gasteiger partial charge on any atom is 0.342 e. The number of aromatic amines is 1. The van der Waals surface area contributed by atoms with Crippen molar-refractivity contribution in [2.75, 3.05) is 18.9 Å². The minimum absolute atomic E-state index is 0.0779. The average molecular weight is 473 g/mol. The van der Waals surface area contributed by atoms with Crippen LogP contribution in [-0.4, -0.2) is 73.0 Å². The van der Waals surface area contributed by atoms with Crippen LogP contribution in [0.2, 0.25) is 0 Å². The quantitative estimate of drug-likeness (QED) is 0.363. The van der Waals surface area contributed by atoms with Gasteiger partial charge >= 0.3 is 17.9 Å². The highest BCUT2D eigenvalue weighted by atomic mass is 16.6. The van der Waals surface area contributed by atoms with Gasteiger partial charge in [-0.15, -0.1) is 0 Å². The number of nitrogens with two attached hydrogens (primary N) is 1. The predicted molar refractivity (Wildman–Crippen MR) is 114 cm³/mol. The predicted octanol–water partition coefficient (Wildman–Crippen LogP) is 0.758. The van der Waals surface area contributed by atoms with Gasteiger partial charge in [0.25, 0.3) is 0 Å². The number of esters is 3. The van der Waals surface area contributed by atoms with Crippen molar-refractivity contribution in [1.82, 2.24) is 29.7 Å². The number of rotatable bonds is 7. The number of hydrogen-bond acceptors (Lipinski definition) is 12. The highest BCUT2D eigenvalue weighted by Gasteiger charge is 2.40. The second-order valence-electron chi connectivity index (χ2n) is 7.45. The fourth-order valence-corrected chi connectivity index (χ4v) is 3.64. The monoisotopic (exact) mass is 473 g/mol. The maximum atomic E-state index is 12.3. The Balaban J connectivity index is 1.69. The molecule has 0 bridgehead atoms. The van der Waals surface area contributed by atoms with Gasteiger partial charge in [-0.25, -0.2) is 19.7 Å². The Bertz CT molecular complexity index is 1240. The van der Waals surface area contributed by atoms with E-state index in [1.165, 1.54) is 26.4 Å². The molecule has 180 valence electrons. The number of carbonyl (C=O) groups excluding carboxylic acids is 3. The molecule has 4 rings (SSSR count). The highest BCUT2D eigenvalue weighted by molar-refractivity contribution is 5.95. The minimum atomic E-state index is -0.683. The Morgan fingerprint density at radius 2 is 2.03 bits per heavy atom. The van der Waals surface area contributed by atoms with Gasteiger partial charge < -0.3 is 24.7 Å². The van der Waals surface area contributed by atoms with Crippen LogP contribution in [0.3, 0.4) is 0 Å². The molecule has 3 atom stereocenters. The number of imidazole rings is 1. The molecule has 1 saturated heterocycles. The largest absolute Gasteiger partial charge is 0.463 e. The van der Waals surface area contributed by atoms with E-state index in [-0.39, 0.29) is 42.5 Å². The third kappa shape index (κ3) is 4.52. The van der Waals surface area contributed by atoms with Crippen molar-refractivity contribution in [3.63, 3.8) is 0 Å². The summed E-state index contributed by atoms with van der Waals surface area (Å²) in [6.45, 7) is 4.35. The summed E-state index contributed by atoms with van der Waals surface area (Å²) < 4.78 is 23.1. The maximum absolute atomic E-state index is 12.3. The molecule has 14 nitrogen and oxygen atoms in total. The summed E-state index contributed by atoms with van der Waals surface area (Å²) in [6, 6.07) is 0. The average Bonchev–Trinajstić information content (AvgIpc) is 3.50. The fourth-order valence-electron chi connectivity index (χ4n) is 3.64. The normalized spacial score (nSPS) is 19.8. The molecule has 0 amide bonds. The van der Waals surface area contributed by atoms with Gasteiger partial charge in [0.1, 0.15) is 41.8 Å². The summed E-state index contributed by atoms with van der Waals surface area (Å²) in [4.78, 5) is 48.1. The van der Waals surface area contributed by atoms with E-state index >= 15 is 0 Å². The molecule has 34 heavy (non-hydrogen) atoms. The molecule has 3 aromatic rings. The molecule has 0 saturated carbocycles. The zero-order valence-corrected chi connectivity index (χ0v) is 18.7. The Kier molecular flexibility index (Phi) is 6.40. The van der Waals surface area contributed by atoms with E-state index in [9.17, 15) is 14.4 Å². The zero-order valence-electron chi connectivity index (χ0n) is 18.7. The topological polar surface area (TPSA) is 186 Å². The SMILES string of the molecule is CCOC(=O)c1cn[nH]c1-c1nc(N)c2ncn([C@H]3C[C@@H](OC(C)=O)[C@@H](COC(C)=O)O3)c2n1.